The molecule has 0 amide bonds. The van der Waals surface area contributed by atoms with Gasteiger partial charge in [0.2, 0.25) is 8.32 Å². The number of rotatable bonds is 12. The number of nitrogens with one attached hydrogen (secondary N) is 1. The maximum absolute atomic E-state index is 15.0. The summed E-state index contributed by atoms with van der Waals surface area (Å²) in [5.41, 5.74) is 6.32. The Kier molecular flexibility index (Phi) is 11.2. The van der Waals surface area contributed by atoms with E-state index in [1.54, 1.807) is 19.2 Å². The van der Waals surface area contributed by atoms with Crippen molar-refractivity contribution in [2.24, 2.45) is 0 Å². The third-order valence-corrected chi connectivity index (χ3v) is 14.9. The Hall–Kier alpha value is -2.87. The summed E-state index contributed by atoms with van der Waals surface area (Å²) in [7, 11) is -0.166. The van der Waals surface area contributed by atoms with Crippen molar-refractivity contribution in [2.45, 2.75) is 103 Å². The second-order valence-electron chi connectivity index (χ2n) is 14.8. The second-order valence-corrected chi connectivity index (χ2v) is 19.6. The number of nitrogens with zero attached hydrogens (tertiary/aromatic N) is 1. The van der Waals surface area contributed by atoms with Crippen LogP contribution in [-0.4, -0.2) is 46.6 Å². The molecule has 0 bridgehead atoms. The second kappa shape index (κ2) is 14.9. The SMILES string of the molecule is COc1ccc(C2CCc3cc(O[Si](C)(C)C(C)(C)C)ccc3C2)c(C(C)NCc2ccc(OCCN3CCCCC3)c(F)c2)c1. The average molecular weight is 647 g/mol. The van der Waals surface area contributed by atoms with Crippen molar-refractivity contribution in [3.05, 3.63) is 88.2 Å². The molecule has 5 nitrogen and oxygen atoms in total. The lowest BCUT2D eigenvalue weighted by molar-refractivity contribution is 0.180. The number of hydrogen-bond donors (Lipinski definition) is 1. The zero-order chi connectivity index (χ0) is 32.9. The molecule has 3 aromatic carbocycles. The van der Waals surface area contributed by atoms with Gasteiger partial charge < -0.3 is 19.2 Å². The minimum Gasteiger partial charge on any atom is -0.543 e. The van der Waals surface area contributed by atoms with E-state index in [4.69, 9.17) is 13.9 Å². The van der Waals surface area contributed by atoms with E-state index < -0.39 is 8.32 Å². The lowest BCUT2D eigenvalue weighted by atomic mass is 9.78. The summed E-state index contributed by atoms with van der Waals surface area (Å²) in [6, 6.07) is 18.6. The molecule has 2 aliphatic rings. The minimum atomic E-state index is -1.88. The van der Waals surface area contributed by atoms with Gasteiger partial charge in [0.15, 0.2) is 11.6 Å². The van der Waals surface area contributed by atoms with Crippen LogP contribution in [0.3, 0.4) is 0 Å². The fraction of sp³-hybridized carbons (Fsp3) is 0.538. The number of ether oxygens (including phenoxy) is 2. The molecule has 2 unspecified atom stereocenters. The highest BCUT2D eigenvalue weighted by Crippen LogP contribution is 2.41. The van der Waals surface area contributed by atoms with Crippen molar-refractivity contribution >= 4 is 8.32 Å². The quantitative estimate of drug-likeness (QED) is 0.199. The Morgan fingerprint density at radius 1 is 0.957 bits per heavy atom. The van der Waals surface area contributed by atoms with E-state index in [1.165, 1.54) is 41.5 Å². The fourth-order valence-electron chi connectivity index (χ4n) is 6.55. The number of aryl methyl sites for hydroxylation is 1. The van der Waals surface area contributed by atoms with Gasteiger partial charge in [-0.25, -0.2) is 4.39 Å². The topological polar surface area (TPSA) is 43.0 Å². The first-order chi connectivity index (χ1) is 21.9. The largest absolute Gasteiger partial charge is 0.543 e. The minimum absolute atomic E-state index is 0.0652. The number of methoxy groups -OCH3 is 1. The van der Waals surface area contributed by atoms with Crippen LogP contribution in [0.25, 0.3) is 0 Å². The van der Waals surface area contributed by atoms with E-state index in [1.807, 2.05) is 6.07 Å². The molecular formula is C39H55FN2O3Si. The average Bonchev–Trinajstić information content (AvgIpc) is 3.03. The van der Waals surface area contributed by atoms with E-state index >= 15 is 0 Å². The molecule has 1 N–H and O–H groups in total. The molecular weight excluding hydrogens is 592 g/mol. The van der Waals surface area contributed by atoms with Gasteiger partial charge in [0.05, 0.1) is 7.11 Å². The van der Waals surface area contributed by atoms with Crippen LogP contribution in [0.15, 0.2) is 54.6 Å². The van der Waals surface area contributed by atoms with Crippen LogP contribution < -0.4 is 19.2 Å². The van der Waals surface area contributed by atoms with Crippen molar-refractivity contribution < 1.29 is 18.3 Å². The maximum atomic E-state index is 15.0. The van der Waals surface area contributed by atoms with Crippen molar-refractivity contribution in [3.8, 4) is 17.2 Å². The third-order valence-electron chi connectivity index (χ3n) is 10.5. The van der Waals surface area contributed by atoms with E-state index in [2.05, 4.69) is 87.4 Å². The van der Waals surface area contributed by atoms with Crippen LogP contribution in [0.4, 0.5) is 4.39 Å². The molecule has 1 saturated heterocycles. The van der Waals surface area contributed by atoms with Crippen LogP contribution >= 0.6 is 0 Å². The molecule has 0 radical (unpaired) electrons. The summed E-state index contributed by atoms with van der Waals surface area (Å²) >= 11 is 0. The number of piperidine rings is 1. The normalized spacial score (nSPS) is 18.1. The van der Waals surface area contributed by atoms with E-state index in [0.717, 1.165) is 56.0 Å². The van der Waals surface area contributed by atoms with Crippen molar-refractivity contribution in [1.82, 2.24) is 10.2 Å². The summed E-state index contributed by atoms with van der Waals surface area (Å²) < 4.78 is 33.0. The van der Waals surface area contributed by atoms with Crippen molar-refractivity contribution in [2.75, 3.05) is 33.4 Å². The first-order valence-electron chi connectivity index (χ1n) is 17.3. The molecule has 1 aliphatic heterocycles. The monoisotopic (exact) mass is 646 g/mol. The highest BCUT2D eigenvalue weighted by molar-refractivity contribution is 6.74. The van der Waals surface area contributed by atoms with Crippen LogP contribution in [0, 0.1) is 5.82 Å². The standard InChI is InChI=1S/C39H55FN2O3Si/c1-28(41-27-29-11-18-38(37(40)23-29)44-22-21-42-19-9-8-10-20-42)36-26-33(43-5)16-17-35(36)32-13-12-31-25-34(15-14-30(31)24-32)45-46(6,7)39(2,3)4/h11,14-18,23,25-26,28,32,41H,8-10,12-13,19-22,24,27H2,1-7H3. The first kappa shape index (κ1) is 34.5. The fourth-order valence-corrected chi connectivity index (χ4v) is 7.58. The first-order valence-corrected chi connectivity index (χ1v) is 20.2. The summed E-state index contributed by atoms with van der Waals surface area (Å²) in [6.07, 6.45) is 6.93. The summed E-state index contributed by atoms with van der Waals surface area (Å²) in [5.74, 6) is 2.32. The van der Waals surface area contributed by atoms with Gasteiger partial charge in [0.25, 0.3) is 0 Å². The Morgan fingerprint density at radius 3 is 2.43 bits per heavy atom. The van der Waals surface area contributed by atoms with E-state index in [-0.39, 0.29) is 16.9 Å². The number of likely N-dealkylation sites (tertiary alicyclic amines) is 1. The van der Waals surface area contributed by atoms with Gasteiger partial charge >= 0.3 is 0 Å². The molecule has 46 heavy (non-hydrogen) atoms. The molecule has 1 aliphatic carbocycles. The van der Waals surface area contributed by atoms with Crippen molar-refractivity contribution in [1.29, 1.82) is 0 Å². The van der Waals surface area contributed by atoms with E-state index in [0.29, 0.717) is 24.8 Å². The van der Waals surface area contributed by atoms with Crippen LogP contribution in [0.5, 0.6) is 17.2 Å². The number of halogens is 1. The molecule has 2 atom stereocenters. The van der Waals surface area contributed by atoms with Gasteiger partial charge in [-0.2, -0.15) is 0 Å². The Balaban J connectivity index is 1.22. The van der Waals surface area contributed by atoms with Gasteiger partial charge in [-0.15, -0.1) is 0 Å². The predicted octanol–water partition coefficient (Wildman–Crippen LogP) is 9.21. The van der Waals surface area contributed by atoms with Crippen LogP contribution in [0.1, 0.15) is 93.2 Å². The molecule has 7 heteroatoms. The third kappa shape index (κ3) is 8.53. The number of hydrogen-bond acceptors (Lipinski definition) is 5. The highest BCUT2D eigenvalue weighted by Gasteiger charge is 2.39. The van der Waals surface area contributed by atoms with Gasteiger partial charge in [0, 0.05) is 19.1 Å². The van der Waals surface area contributed by atoms with Crippen molar-refractivity contribution in [3.63, 3.8) is 0 Å². The van der Waals surface area contributed by atoms with Crippen LogP contribution in [0.2, 0.25) is 18.1 Å². The van der Waals surface area contributed by atoms with Gasteiger partial charge in [-0.05, 0) is 140 Å². The lowest BCUT2D eigenvalue weighted by Gasteiger charge is -2.37. The molecule has 0 saturated carbocycles. The molecule has 1 fully saturated rings. The summed E-state index contributed by atoms with van der Waals surface area (Å²) in [4.78, 5) is 2.40. The molecule has 250 valence electrons. The Bertz CT molecular complexity index is 1460. The molecule has 0 spiro atoms. The Labute approximate surface area is 278 Å². The molecule has 1 heterocycles. The summed E-state index contributed by atoms with van der Waals surface area (Å²) in [5, 5.41) is 3.83. The lowest BCUT2D eigenvalue weighted by Crippen LogP contribution is -2.43. The highest BCUT2D eigenvalue weighted by atomic mass is 28.4. The summed E-state index contributed by atoms with van der Waals surface area (Å²) in [6.45, 7) is 17.8. The zero-order valence-electron chi connectivity index (χ0n) is 29.2. The molecule has 3 aromatic rings. The van der Waals surface area contributed by atoms with Crippen LogP contribution in [-0.2, 0) is 19.4 Å². The van der Waals surface area contributed by atoms with Gasteiger partial charge in [-0.1, -0.05) is 45.4 Å². The molecule has 5 rings (SSSR count). The van der Waals surface area contributed by atoms with Gasteiger partial charge in [0.1, 0.15) is 18.1 Å². The zero-order valence-corrected chi connectivity index (χ0v) is 30.2. The number of benzene rings is 3. The molecule has 0 aromatic heterocycles. The maximum Gasteiger partial charge on any atom is 0.250 e. The predicted molar refractivity (Wildman–Crippen MR) is 189 cm³/mol. The van der Waals surface area contributed by atoms with E-state index in [9.17, 15) is 4.39 Å². The Morgan fingerprint density at radius 2 is 1.72 bits per heavy atom. The number of fused-ring (bicyclic) bond motifs is 1. The van der Waals surface area contributed by atoms with Gasteiger partial charge in [-0.3, -0.25) is 4.90 Å². The smallest absolute Gasteiger partial charge is 0.250 e.